The van der Waals surface area contributed by atoms with Gasteiger partial charge >= 0.3 is 0 Å². The second-order valence-electron chi connectivity index (χ2n) is 8.66. The zero-order valence-corrected chi connectivity index (χ0v) is 18.7. The molecule has 0 spiro atoms. The molecule has 0 saturated heterocycles. The smallest absolute Gasteiger partial charge is 0.167 e. The number of carbonyl (C=O) groups is 1. The van der Waals surface area contributed by atoms with Crippen LogP contribution < -0.4 is 0 Å². The second-order valence-corrected chi connectivity index (χ2v) is 8.66. The van der Waals surface area contributed by atoms with Crippen molar-refractivity contribution in [1.29, 1.82) is 0 Å². The van der Waals surface area contributed by atoms with Gasteiger partial charge in [-0.3, -0.25) is 4.79 Å². The van der Waals surface area contributed by atoms with Crippen molar-refractivity contribution in [3.63, 3.8) is 0 Å². The van der Waals surface area contributed by atoms with Crippen LogP contribution in [0.1, 0.15) is 33.5 Å². The van der Waals surface area contributed by atoms with Gasteiger partial charge in [0.1, 0.15) is 5.82 Å². The van der Waals surface area contributed by atoms with Gasteiger partial charge in [-0.2, -0.15) is 0 Å². The summed E-state index contributed by atoms with van der Waals surface area (Å²) in [4.78, 5) is 14.7. The Labute approximate surface area is 189 Å². The monoisotopic (exact) mass is 428 g/mol. The molecule has 4 rings (SSSR count). The molecule has 0 aliphatic heterocycles. The Morgan fingerprint density at radius 1 is 0.875 bits per heavy atom. The number of halogens is 1. The number of Topliss-reactive ketones (excluding diaryl/α,β-unsaturated/α-hetero) is 1. The van der Waals surface area contributed by atoms with Crippen LogP contribution in [-0.4, -0.2) is 35.9 Å². The van der Waals surface area contributed by atoms with Crippen LogP contribution in [0.2, 0.25) is 0 Å². The van der Waals surface area contributed by atoms with Gasteiger partial charge in [0, 0.05) is 30.2 Å². The van der Waals surface area contributed by atoms with E-state index < -0.39 is 0 Å². The van der Waals surface area contributed by atoms with Gasteiger partial charge in [0.25, 0.3) is 0 Å². The normalized spacial score (nSPS) is 11.4. The molecule has 164 valence electrons. The Morgan fingerprint density at radius 3 is 2.28 bits per heavy atom. The van der Waals surface area contributed by atoms with E-state index in [2.05, 4.69) is 54.0 Å². The molecule has 0 aliphatic rings. The fourth-order valence-electron chi connectivity index (χ4n) is 4.05. The maximum absolute atomic E-state index is 13.0. The third kappa shape index (κ3) is 5.51. The first-order valence-electron chi connectivity index (χ1n) is 11.1. The molecule has 0 aliphatic carbocycles. The molecular weight excluding hydrogens is 399 g/mol. The maximum atomic E-state index is 13.0. The average Bonchev–Trinajstić information content (AvgIpc) is 3.18. The summed E-state index contributed by atoms with van der Waals surface area (Å²) in [5.41, 5.74) is 5.21. The van der Waals surface area contributed by atoms with E-state index in [1.54, 1.807) is 12.1 Å². The minimum Gasteiger partial charge on any atom is -0.347 e. The first kappa shape index (κ1) is 22.0. The molecule has 0 amide bonds. The molecule has 3 nitrogen and oxygen atoms in total. The topological polar surface area (TPSA) is 25.2 Å². The number of ketones is 1. The van der Waals surface area contributed by atoms with Crippen LogP contribution in [-0.2, 0) is 19.4 Å². The summed E-state index contributed by atoms with van der Waals surface area (Å²) in [5.74, 6) is -0.246. The van der Waals surface area contributed by atoms with E-state index >= 15 is 0 Å². The van der Waals surface area contributed by atoms with Crippen molar-refractivity contribution < 1.29 is 9.18 Å². The second kappa shape index (κ2) is 9.92. The van der Waals surface area contributed by atoms with Crippen molar-refractivity contribution in [3.8, 4) is 0 Å². The van der Waals surface area contributed by atoms with Gasteiger partial charge in [-0.1, -0.05) is 42.5 Å². The van der Waals surface area contributed by atoms with Crippen molar-refractivity contribution in [2.75, 3.05) is 20.6 Å². The van der Waals surface area contributed by atoms with Crippen molar-refractivity contribution in [1.82, 2.24) is 9.47 Å². The standard InChI is InChI=1S/C28H29FN2O/c1-30(2)15-3-16-31-17-14-25-19-23(8-13-27(25)31)18-21-4-9-24(10-5-21)28(32)20-22-6-11-26(29)12-7-22/h4-14,17,19H,3,15-16,18,20H2,1-2H3. The molecule has 0 N–H and O–H groups in total. The van der Waals surface area contributed by atoms with Gasteiger partial charge in [-0.05, 0) is 85.9 Å². The summed E-state index contributed by atoms with van der Waals surface area (Å²) in [6, 6.07) is 22.8. The van der Waals surface area contributed by atoms with E-state index in [1.165, 1.54) is 34.2 Å². The van der Waals surface area contributed by atoms with Crippen LogP contribution in [0.4, 0.5) is 4.39 Å². The number of rotatable bonds is 9. The van der Waals surface area contributed by atoms with E-state index in [0.717, 1.165) is 31.5 Å². The van der Waals surface area contributed by atoms with Crippen LogP contribution in [0.5, 0.6) is 0 Å². The van der Waals surface area contributed by atoms with Crippen molar-refractivity contribution in [2.24, 2.45) is 0 Å². The number of fused-ring (bicyclic) bond motifs is 1. The number of carbonyl (C=O) groups excluding carboxylic acids is 1. The first-order chi connectivity index (χ1) is 15.5. The predicted octanol–water partition coefficient (Wildman–Crippen LogP) is 5.75. The van der Waals surface area contributed by atoms with Gasteiger partial charge in [0.2, 0.25) is 0 Å². The summed E-state index contributed by atoms with van der Waals surface area (Å²) < 4.78 is 15.4. The number of aryl methyl sites for hydroxylation is 1. The van der Waals surface area contributed by atoms with E-state index in [-0.39, 0.29) is 18.0 Å². The van der Waals surface area contributed by atoms with Crippen LogP contribution in [0.3, 0.4) is 0 Å². The summed E-state index contributed by atoms with van der Waals surface area (Å²) in [6.07, 6.45) is 4.41. The van der Waals surface area contributed by atoms with Gasteiger partial charge in [0.05, 0.1) is 0 Å². The molecule has 0 bridgehead atoms. The molecule has 32 heavy (non-hydrogen) atoms. The minimum atomic E-state index is -0.287. The SMILES string of the molecule is CN(C)CCCn1ccc2cc(Cc3ccc(C(=O)Cc4ccc(F)cc4)cc3)ccc21. The zero-order chi connectivity index (χ0) is 22.5. The molecule has 0 saturated carbocycles. The van der Waals surface area contributed by atoms with E-state index in [1.807, 2.05) is 24.3 Å². The molecular formula is C28H29FN2O. The molecule has 0 unspecified atom stereocenters. The average molecular weight is 429 g/mol. The Kier molecular flexibility index (Phi) is 6.81. The number of hydrogen-bond acceptors (Lipinski definition) is 2. The molecule has 1 aromatic heterocycles. The third-order valence-corrected chi connectivity index (χ3v) is 5.80. The lowest BCUT2D eigenvalue weighted by atomic mass is 9.99. The minimum absolute atomic E-state index is 0.0418. The molecule has 0 atom stereocenters. The van der Waals surface area contributed by atoms with Crippen molar-refractivity contribution in [2.45, 2.75) is 25.8 Å². The van der Waals surface area contributed by atoms with Gasteiger partial charge in [-0.15, -0.1) is 0 Å². The zero-order valence-electron chi connectivity index (χ0n) is 18.7. The summed E-state index contributed by atoms with van der Waals surface area (Å²) in [5, 5.41) is 1.26. The fraction of sp³-hybridized carbons (Fsp3) is 0.250. The lowest BCUT2D eigenvalue weighted by Gasteiger charge is -2.11. The molecule has 0 radical (unpaired) electrons. The lowest BCUT2D eigenvalue weighted by molar-refractivity contribution is 0.0993. The third-order valence-electron chi connectivity index (χ3n) is 5.80. The number of nitrogens with zero attached hydrogens (tertiary/aromatic N) is 2. The molecule has 4 heteroatoms. The highest BCUT2D eigenvalue weighted by atomic mass is 19.1. The fourth-order valence-corrected chi connectivity index (χ4v) is 4.05. The Morgan fingerprint density at radius 2 is 1.56 bits per heavy atom. The number of hydrogen-bond donors (Lipinski definition) is 0. The molecule has 1 heterocycles. The molecule has 3 aromatic carbocycles. The molecule has 4 aromatic rings. The summed E-state index contributed by atoms with van der Waals surface area (Å²) in [6.45, 7) is 2.11. The highest BCUT2D eigenvalue weighted by Crippen LogP contribution is 2.21. The van der Waals surface area contributed by atoms with Crippen molar-refractivity contribution in [3.05, 3.63) is 107 Å². The van der Waals surface area contributed by atoms with Crippen LogP contribution in [0, 0.1) is 5.82 Å². The van der Waals surface area contributed by atoms with E-state index in [0.29, 0.717) is 5.56 Å². The number of benzene rings is 3. The summed E-state index contributed by atoms with van der Waals surface area (Å²) >= 11 is 0. The van der Waals surface area contributed by atoms with Crippen LogP contribution in [0.25, 0.3) is 10.9 Å². The van der Waals surface area contributed by atoms with E-state index in [9.17, 15) is 9.18 Å². The Hall–Kier alpha value is -3.24. The van der Waals surface area contributed by atoms with Crippen molar-refractivity contribution >= 4 is 16.7 Å². The van der Waals surface area contributed by atoms with Gasteiger partial charge in [0.15, 0.2) is 5.78 Å². The Balaban J connectivity index is 1.39. The lowest BCUT2D eigenvalue weighted by Crippen LogP contribution is -2.14. The Bertz CT molecular complexity index is 1190. The van der Waals surface area contributed by atoms with Crippen LogP contribution in [0.15, 0.2) is 79.0 Å². The largest absolute Gasteiger partial charge is 0.347 e. The maximum Gasteiger partial charge on any atom is 0.167 e. The predicted molar refractivity (Wildman–Crippen MR) is 129 cm³/mol. The highest BCUT2D eigenvalue weighted by molar-refractivity contribution is 5.97. The van der Waals surface area contributed by atoms with Crippen LogP contribution >= 0.6 is 0 Å². The van der Waals surface area contributed by atoms with E-state index in [4.69, 9.17) is 0 Å². The number of aromatic nitrogens is 1. The first-order valence-corrected chi connectivity index (χ1v) is 11.1. The highest BCUT2D eigenvalue weighted by Gasteiger charge is 2.08. The molecule has 0 fully saturated rings. The van der Waals surface area contributed by atoms with Gasteiger partial charge < -0.3 is 9.47 Å². The quantitative estimate of drug-likeness (QED) is 0.317. The van der Waals surface area contributed by atoms with Gasteiger partial charge in [-0.25, -0.2) is 4.39 Å². The summed E-state index contributed by atoms with van der Waals surface area (Å²) in [7, 11) is 4.21.